The molecule has 0 fully saturated rings. The highest BCUT2D eigenvalue weighted by molar-refractivity contribution is 5.89. The summed E-state index contributed by atoms with van der Waals surface area (Å²) in [5, 5.41) is 11.0. The van der Waals surface area contributed by atoms with Crippen LogP contribution in [0.15, 0.2) is 27.8 Å². The lowest BCUT2D eigenvalue weighted by Crippen LogP contribution is -2.04. The van der Waals surface area contributed by atoms with Gasteiger partial charge in [-0.2, -0.15) is 0 Å². The quantitative estimate of drug-likeness (QED) is 0.608. The number of aromatic nitrogens is 1. The summed E-state index contributed by atoms with van der Waals surface area (Å²) in [6.07, 6.45) is 0. The van der Waals surface area contributed by atoms with Gasteiger partial charge in [0, 0.05) is 11.6 Å². The number of fused-ring (bicyclic) bond motifs is 1. The molecule has 0 bridgehead atoms. The minimum Gasteiger partial charge on any atom is -0.322 e. The highest BCUT2D eigenvalue weighted by Gasteiger charge is 2.20. The first kappa shape index (κ1) is 12.0. The zero-order chi connectivity index (χ0) is 13.4. The average Bonchev–Trinajstić information content (AvgIpc) is 2.41. The molecule has 1 heterocycles. The van der Waals surface area contributed by atoms with E-state index in [1.165, 1.54) is 0 Å². The van der Waals surface area contributed by atoms with Crippen molar-refractivity contribution in [1.29, 1.82) is 0 Å². The van der Waals surface area contributed by atoms with Crippen LogP contribution < -0.4 is 11.0 Å². The van der Waals surface area contributed by atoms with Crippen LogP contribution in [-0.4, -0.2) is 9.91 Å². The molecule has 0 unspecified atom stereocenters. The molecule has 0 aliphatic heterocycles. The van der Waals surface area contributed by atoms with Crippen molar-refractivity contribution in [3.05, 3.63) is 60.0 Å². The largest absolute Gasteiger partial charge is 0.322 e. The maximum Gasteiger partial charge on any atom is 0.285 e. The fourth-order valence-electron chi connectivity index (χ4n) is 1.88. The summed E-state index contributed by atoms with van der Waals surface area (Å²) in [6.45, 7) is 3.27. The Balaban J connectivity index is 3.21. The molecule has 92 valence electrons. The molecule has 2 rings (SSSR count). The third-order valence-electron chi connectivity index (χ3n) is 2.89. The second-order valence-electron chi connectivity index (χ2n) is 4.03. The van der Waals surface area contributed by atoms with Gasteiger partial charge in [-0.05, 0) is 31.5 Å². The van der Waals surface area contributed by atoms with Gasteiger partial charge in [-0.3, -0.25) is 19.7 Å². The van der Waals surface area contributed by atoms with Gasteiger partial charge in [0.05, 0.1) is 10.4 Å². The first-order chi connectivity index (χ1) is 8.41. The Kier molecular flexibility index (Phi) is 2.70. The van der Waals surface area contributed by atoms with Gasteiger partial charge in [0.15, 0.2) is 5.43 Å². The van der Waals surface area contributed by atoms with E-state index in [-0.39, 0.29) is 16.6 Å². The van der Waals surface area contributed by atoms with E-state index in [1.807, 2.05) is 0 Å². The summed E-state index contributed by atoms with van der Waals surface area (Å²) in [5.41, 5.74) is -0.00319. The summed E-state index contributed by atoms with van der Waals surface area (Å²) in [4.78, 5) is 36.2. The number of nitro groups is 1. The van der Waals surface area contributed by atoms with Gasteiger partial charge < -0.3 is 4.98 Å². The molecule has 0 spiro atoms. The second-order valence-corrected chi connectivity index (χ2v) is 4.03. The number of aryl methyl sites for hydroxylation is 1. The van der Waals surface area contributed by atoms with Crippen LogP contribution in [0.25, 0.3) is 10.9 Å². The third-order valence-corrected chi connectivity index (χ3v) is 2.89. The van der Waals surface area contributed by atoms with Gasteiger partial charge >= 0.3 is 0 Å². The van der Waals surface area contributed by atoms with E-state index in [0.29, 0.717) is 11.1 Å². The van der Waals surface area contributed by atoms with Crippen molar-refractivity contribution in [2.24, 2.45) is 0 Å². The van der Waals surface area contributed by atoms with Crippen molar-refractivity contribution in [2.45, 2.75) is 13.8 Å². The lowest BCUT2D eigenvalue weighted by atomic mass is 10.0. The molecule has 6 nitrogen and oxygen atoms in total. The zero-order valence-corrected chi connectivity index (χ0v) is 9.81. The Morgan fingerprint density at radius 2 is 1.89 bits per heavy atom. The topological polar surface area (TPSA) is 93.1 Å². The highest BCUT2D eigenvalue weighted by atomic mass is 16.6. The van der Waals surface area contributed by atoms with Crippen LogP contribution in [0.2, 0.25) is 0 Å². The van der Waals surface area contributed by atoms with Gasteiger partial charge in [-0.15, -0.1) is 0 Å². The third kappa shape index (κ3) is 1.77. The molecule has 0 aliphatic carbocycles. The number of nitrogens with one attached hydrogen (secondary N) is 1. The van der Waals surface area contributed by atoms with Crippen molar-refractivity contribution in [1.82, 2.24) is 4.98 Å². The zero-order valence-electron chi connectivity index (χ0n) is 9.81. The normalized spacial score (nSPS) is 10.6. The molecule has 2 aromatic rings. The Morgan fingerprint density at radius 3 is 2.50 bits per heavy atom. The smallest absolute Gasteiger partial charge is 0.285 e. The number of H-pyrrole nitrogens is 1. The maximum absolute atomic E-state index is 11.9. The number of aromatic amines is 1. The van der Waals surface area contributed by atoms with Gasteiger partial charge in [-0.25, -0.2) is 0 Å². The van der Waals surface area contributed by atoms with Gasteiger partial charge in [0.2, 0.25) is 5.56 Å². The summed E-state index contributed by atoms with van der Waals surface area (Å²) in [6, 6.07) is 3.68. The molecule has 0 amide bonds. The number of hydrogen-bond donors (Lipinski definition) is 1. The Labute approximate surface area is 101 Å². The van der Waals surface area contributed by atoms with Crippen molar-refractivity contribution >= 4 is 16.6 Å². The molecule has 1 aromatic carbocycles. The Bertz CT molecular complexity index is 777. The highest BCUT2D eigenvalue weighted by Crippen LogP contribution is 2.27. The van der Waals surface area contributed by atoms with Crippen molar-refractivity contribution in [3.8, 4) is 0 Å². The molecular formula is C12H10N2O4. The summed E-state index contributed by atoms with van der Waals surface area (Å²) >= 11 is 0. The summed E-state index contributed by atoms with van der Waals surface area (Å²) in [5.74, 6) is 0. The van der Waals surface area contributed by atoms with Gasteiger partial charge in [0.1, 0.15) is 5.39 Å². The molecular weight excluding hydrogens is 236 g/mol. The van der Waals surface area contributed by atoms with E-state index in [0.717, 1.165) is 12.1 Å². The summed E-state index contributed by atoms with van der Waals surface area (Å²) < 4.78 is 0. The van der Waals surface area contributed by atoms with E-state index in [4.69, 9.17) is 0 Å². The SMILES string of the molecule is Cc1cc2[nH]c(=O)ccc(=O)c2c([N+](=O)[O-])c1C. The fourth-order valence-corrected chi connectivity index (χ4v) is 1.88. The van der Waals surface area contributed by atoms with Gasteiger partial charge in [0.25, 0.3) is 5.69 Å². The van der Waals surface area contributed by atoms with E-state index >= 15 is 0 Å². The standard InChI is InChI=1S/C12H10N2O4/c1-6-5-8-11(12(7(6)2)14(17)18)9(15)3-4-10(16)13-8/h3-5H,1-2H3,(H,13,16). The minimum atomic E-state index is -0.593. The van der Waals surface area contributed by atoms with E-state index in [9.17, 15) is 19.7 Å². The van der Waals surface area contributed by atoms with E-state index < -0.39 is 15.9 Å². The fraction of sp³-hybridized carbons (Fsp3) is 0.167. The van der Waals surface area contributed by atoms with Crippen LogP contribution in [0.3, 0.4) is 0 Å². The molecule has 0 radical (unpaired) electrons. The number of benzene rings is 1. The summed E-state index contributed by atoms with van der Waals surface area (Å²) in [7, 11) is 0. The lowest BCUT2D eigenvalue weighted by Gasteiger charge is -2.03. The maximum atomic E-state index is 11.9. The molecule has 1 N–H and O–H groups in total. The predicted octanol–water partition coefficient (Wildman–Crippen LogP) is 1.41. The van der Waals surface area contributed by atoms with E-state index in [2.05, 4.69) is 4.98 Å². The second kappa shape index (κ2) is 4.06. The van der Waals surface area contributed by atoms with Crippen molar-refractivity contribution in [2.75, 3.05) is 0 Å². The molecule has 0 aliphatic rings. The van der Waals surface area contributed by atoms with Crippen LogP contribution in [0, 0.1) is 24.0 Å². The van der Waals surface area contributed by atoms with Gasteiger partial charge in [-0.1, -0.05) is 0 Å². The van der Waals surface area contributed by atoms with Crippen molar-refractivity contribution in [3.63, 3.8) is 0 Å². The lowest BCUT2D eigenvalue weighted by molar-refractivity contribution is -0.383. The van der Waals surface area contributed by atoms with Crippen LogP contribution >= 0.6 is 0 Å². The number of nitrogens with zero attached hydrogens (tertiary/aromatic N) is 1. The molecule has 0 saturated heterocycles. The Morgan fingerprint density at radius 1 is 1.22 bits per heavy atom. The van der Waals surface area contributed by atoms with E-state index in [1.54, 1.807) is 19.9 Å². The number of rotatable bonds is 1. The molecule has 0 atom stereocenters. The molecule has 0 saturated carbocycles. The van der Waals surface area contributed by atoms with Crippen LogP contribution in [0.4, 0.5) is 5.69 Å². The number of hydrogen-bond acceptors (Lipinski definition) is 4. The minimum absolute atomic E-state index is 0.0646. The predicted molar refractivity (Wildman–Crippen MR) is 67.0 cm³/mol. The van der Waals surface area contributed by atoms with Crippen molar-refractivity contribution < 1.29 is 4.92 Å². The first-order valence-corrected chi connectivity index (χ1v) is 5.24. The molecule has 6 heteroatoms. The molecule has 1 aromatic heterocycles. The monoisotopic (exact) mass is 246 g/mol. The van der Waals surface area contributed by atoms with Crippen LogP contribution in [0.5, 0.6) is 0 Å². The number of nitro benzene ring substituents is 1. The van der Waals surface area contributed by atoms with Crippen LogP contribution in [0.1, 0.15) is 11.1 Å². The molecule has 18 heavy (non-hydrogen) atoms. The average molecular weight is 246 g/mol. The first-order valence-electron chi connectivity index (χ1n) is 5.24. The Hall–Kier alpha value is -2.50. The van der Waals surface area contributed by atoms with Crippen LogP contribution in [-0.2, 0) is 0 Å².